The lowest BCUT2D eigenvalue weighted by Crippen LogP contribution is -2.46. The predicted octanol–water partition coefficient (Wildman–Crippen LogP) is 2.31. The van der Waals surface area contributed by atoms with Gasteiger partial charge in [-0.1, -0.05) is 23.8 Å². The topological polar surface area (TPSA) is 141 Å². The molecule has 3 heterocycles. The fourth-order valence-electron chi connectivity index (χ4n) is 6.29. The summed E-state index contributed by atoms with van der Waals surface area (Å²) in [4.78, 5) is 36.0. The predicted molar refractivity (Wildman–Crippen MR) is 149 cm³/mol. The lowest BCUT2D eigenvalue weighted by atomic mass is 9.88. The molecule has 1 unspecified atom stereocenters. The molecule has 2 aromatic rings. The Balaban J connectivity index is 1.19. The number of hydrogen-bond donors (Lipinski definition) is 3. The van der Waals surface area contributed by atoms with Crippen molar-refractivity contribution < 1.29 is 23.8 Å². The van der Waals surface area contributed by atoms with E-state index >= 15 is 0 Å². The summed E-state index contributed by atoms with van der Waals surface area (Å²) in [6.07, 6.45) is 7.46. The van der Waals surface area contributed by atoms with Crippen LogP contribution in [-0.4, -0.2) is 78.8 Å². The third-order valence-electron chi connectivity index (χ3n) is 8.31. The van der Waals surface area contributed by atoms with E-state index in [1.54, 1.807) is 7.11 Å². The zero-order valence-electron chi connectivity index (χ0n) is 22.3. The zero-order chi connectivity index (χ0) is 27.8. The number of allylic oxidation sites excluding steroid dienone is 1. The molecule has 11 nitrogen and oxygen atoms in total. The highest BCUT2D eigenvalue weighted by Gasteiger charge is 2.47. The molecule has 2 aliphatic carbocycles. The lowest BCUT2D eigenvalue weighted by Gasteiger charge is -2.28. The minimum atomic E-state index is -0.541. The van der Waals surface area contributed by atoms with E-state index in [-0.39, 0.29) is 35.6 Å². The number of anilines is 3. The second kappa shape index (κ2) is 11.2. The molecule has 2 amide bonds. The molecule has 2 fully saturated rings. The molecule has 0 spiro atoms. The van der Waals surface area contributed by atoms with Gasteiger partial charge in [0.15, 0.2) is 11.9 Å². The van der Waals surface area contributed by atoms with Gasteiger partial charge in [0.25, 0.3) is 5.91 Å². The highest BCUT2D eigenvalue weighted by molar-refractivity contribution is 6.32. The molecule has 1 saturated carbocycles. The van der Waals surface area contributed by atoms with Gasteiger partial charge in [0.05, 0.1) is 44.7 Å². The fraction of sp³-hybridized carbons (Fsp3) is 0.500. The van der Waals surface area contributed by atoms with E-state index in [0.717, 1.165) is 17.5 Å². The minimum Gasteiger partial charge on any atom is -0.495 e. The third-order valence-corrected chi connectivity index (χ3v) is 8.59. The summed E-state index contributed by atoms with van der Waals surface area (Å²) in [5, 5.41) is 6.99. The van der Waals surface area contributed by atoms with Gasteiger partial charge in [-0.15, -0.1) is 0 Å². The number of amides is 2. The molecule has 0 radical (unpaired) electrons. The smallest absolute Gasteiger partial charge is 0.254 e. The molecule has 2 bridgehead atoms. The number of halogens is 1. The number of fused-ring (bicyclic) bond motifs is 3. The molecule has 5 atom stereocenters. The van der Waals surface area contributed by atoms with Crippen molar-refractivity contribution in [3.8, 4) is 5.75 Å². The first-order valence-corrected chi connectivity index (χ1v) is 14.0. The SMILES string of the molecule is COc1cc2c(cc1Nc1ncc(Cl)c(N[C@H]3[C@@H](C(N)=O)[C@@H]4C=C[C@H]3C4)n1)CCN(C(=O)C1COCCO1)CC2. The molecule has 4 N–H and O–H groups in total. The summed E-state index contributed by atoms with van der Waals surface area (Å²) in [6.45, 7) is 2.44. The van der Waals surface area contributed by atoms with E-state index in [2.05, 4.69) is 32.8 Å². The summed E-state index contributed by atoms with van der Waals surface area (Å²) in [6, 6.07) is 3.85. The number of carbonyl (C=O) groups is 2. The maximum Gasteiger partial charge on any atom is 0.254 e. The van der Waals surface area contributed by atoms with E-state index in [1.165, 1.54) is 6.20 Å². The monoisotopic (exact) mass is 568 g/mol. The molecule has 40 heavy (non-hydrogen) atoms. The van der Waals surface area contributed by atoms with Crippen molar-refractivity contribution in [2.75, 3.05) is 50.7 Å². The van der Waals surface area contributed by atoms with Crippen LogP contribution in [0.3, 0.4) is 0 Å². The molecule has 4 aliphatic rings. The Morgan fingerprint density at radius 3 is 2.65 bits per heavy atom. The van der Waals surface area contributed by atoms with Crippen LogP contribution in [0.4, 0.5) is 17.5 Å². The number of methoxy groups -OCH3 is 1. The van der Waals surface area contributed by atoms with Crippen LogP contribution in [0.1, 0.15) is 17.5 Å². The molecule has 6 rings (SSSR count). The highest BCUT2D eigenvalue weighted by atomic mass is 35.5. The first-order valence-electron chi connectivity index (χ1n) is 13.6. The summed E-state index contributed by atoms with van der Waals surface area (Å²) in [5.41, 5.74) is 8.67. The van der Waals surface area contributed by atoms with Gasteiger partial charge in [-0.05, 0) is 54.4 Å². The van der Waals surface area contributed by atoms with Crippen LogP contribution < -0.4 is 21.1 Å². The number of benzene rings is 1. The number of nitrogens with zero attached hydrogens (tertiary/aromatic N) is 3. The van der Waals surface area contributed by atoms with Gasteiger partial charge in [0.1, 0.15) is 10.8 Å². The van der Waals surface area contributed by atoms with Gasteiger partial charge < -0.3 is 35.5 Å². The maximum atomic E-state index is 13.0. The van der Waals surface area contributed by atoms with E-state index < -0.39 is 6.10 Å². The van der Waals surface area contributed by atoms with Crippen molar-refractivity contribution in [2.45, 2.75) is 31.4 Å². The van der Waals surface area contributed by atoms with Gasteiger partial charge in [0.2, 0.25) is 11.9 Å². The van der Waals surface area contributed by atoms with E-state index in [1.807, 2.05) is 17.0 Å². The summed E-state index contributed by atoms with van der Waals surface area (Å²) >= 11 is 6.45. The van der Waals surface area contributed by atoms with Crippen molar-refractivity contribution in [2.24, 2.45) is 23.5 Å². The van der Waals surface area contributed by atoms with Crippen molar-refractivity contribution >= 4 is 40.9 Å². The molecule has 1 aromatic heterocycles. The Labute approximate surface area is 237 Å². The number of carbonyl (C=O) groups excluding carboxylic acids is 2. The number of primary amides is 1. The standard InChI is InChI=1S/C28H33ClN6O5/c1-38-21-12-16-5-7-35(27(37)22-14-39-8-9-40-22)6-4-15(16)11-20(21)32-28-31-13-19(29)26(34-28)33-24-18-3-2-17(10-18)23(24)25(30)36/h2-3,11-13,17-18,22-24H,4-10,14H2,1H3,(H2,30,36)(H2,31,32,33,34)/t17-,18+,22?,23+,24-/m1/s1. The van der Waals surface area contributed by atoms with E-state index in [9.17, 15) is 9.59 Å². The van der Waals surface area contributed by atoms with Gasteiger partial charge >= 0.3 is 0 Å². The quantitative estimate of drug-likeness (QED) is 0.429. The van der Waals surface area contributed by atoms with Gasteiger partial charge in [-0.3, -0.25) is 9.59 Å². The number of aromatic nitrogens is 2. The Morgan fingerprint density at radius 1 is 1.15 bits per heavy atom. The molecule has 2 aliphatic heterocycles. The highest BCUT2D eigenvalue weighted by Crippen LogP contribution is 2.45. The Morgan fingerprint density at radius 2 is 1.93 bits per heavy atom. The van der Waals surface area contributed by atoms with Crippen LogP contribution in [0.5, 0.6) is 5.75 Å². The second-order valence-electron chi connectivity index (χ2n) is 10.6. The van der Waals surface area contributed by atoms with Crippen molar-refractivity contribution in [3.63, 3.8) is 0 Å². The van der Waals surface area contributed by atoms with Gasteiger partial charge in [-0.25, -0.2) is 4.98 Å². The zero-order valence-corrected chi connectivity index (χ0v) is 23.0. The average Bonchev–Trinajstić information content (AvgIpc) is 3.51. The molecular formula is C28H33ClN6O5. The first-order chi connectivity index (χ1) is 19.4. The molecule has 1 saturated heterocycles. The second-order valence-corrected chi connectivity index (χ2v) is 11.0. The summed E-state index contributed by atoms with van der Waals surface area (Å²) in [7, 11) is 1.61. The molecular weight excluding hydrogens is 536 g/mol. The first kappa shape index (κ1) is 26.8. The number of nitrogens with one attached hydrogen (secondary N) is 2. The van der Waals surface area contributed by atoms with Crippen molar-refractivity contribution in [1.82, 2.24) is 14.9 Å². The number of hydrogen-bond acceptors (Lipinski definition) is 9. The van der Waals surface area contributed by atoms with Gasteiger partial charge in [0, 0.05) is 19.1 Å². The number of nitrogens with two attached hydrogens (primary N) is 1. The Hall–Kier alpha value is -3.41. The largest absolute Gasteiger partial charge is 0.495 e. The fourth-order valence-corrected chi connectivity index (χ4v) is 6.44. The van der Waals surface area contributed by atoms with Gasteiger partial charge in [-0.2, -0.15) is 4.98 Å². The van der Waals surface area contributed by atoms with Crippen molar-refractivity contribution in [3.05, 3.63) is 46.6 Å². The number of ether oxygens (including phenoxy) is 3. The van der Waals surface area contributed by atoms with Crippen LogP contribution in [0.2, 0.25) is 5.02 Å². The number of rotatable bonds is 7. The van der Waals surface area contributed by atoms with E-state index in [4.69, 9.17) is 31.5 Å². The molecule has 212 valence electrons. The van der Waals surface area contributed by atoms with Crippen LogP contribution in [0, 0.1) is 17.8 Å². The summed E-state index contributed by atoms with van der Waals surface area (Å²) in [5.74, 6) is 1.07. The molecule has 1 aromatic carbocycles. The average molecular weight is 569 g/mol. The normalized spacial score (nSPS) is 27.1. The van der Waals surface area contributed by atoms with Crippen molar-refractivity contribution in [1.29, 1.82) is 0 Å². The van der Waals surface area contributed by atoms with Crippen LogP contribution in [-0.2, 0) is 31.9 Å². The Bertz CT molecular complexity index is 1330. The maximum absolute atomic E-state index is 13.0. The van der Waals surface area contributed by atoms with Crippen LogP contribution in [0.15, 0.2) is 30.5 Å². The molecule has 12 heteroatoms. The third kappa shape index (κ3) is 5.21. The summed E-state index contributed by atoms with van der Waals surface area (Å²) < 4.78 is 16.7. The van der Waals surface area contributed by atoms with Crippen LogP contribution >= 0.6 is 11.6 Å². The minimum absolute atomic E-state index is 0.0306. The van der Waals surface area contributed by atoms with Crippen LogP contribution in [0.25, 0.3) is 0 Å². The lowest BCUT2D eigenvalue weighted by molar-refractivity contribution is -0.157. The van der Waals surface area contributed by atoms with E-state index in [0.29, 0.717) is 74.0 Å². The Kier molecular flexibility index (Phi) is 7.52.